The van der Waals surface area contributed by atoms with Crippen molar-refractivity contribution >= 4 is 46.7 Å². The molecule has 0 unspecified atom stereocenters. The van der Waals surface area contributed by atoms with Crippen LogP contribution in [0.3, 0.4) is 0 Å². The molecule has 1 saturated heterocycles. The number of para-hydroxylation sites is 1. The lowest BCUT2D eigenvalue weighted by atomic mass is 10.1. The van der Waals surface area contributed by atoms with Gasteiger partial charge in [0.1, 0.15) is 0 Å². The molecule has 8 heteroatoms. The number of H-pyrrole nitrogens is 1. The van der Waals surface area contributed by atoms with Crippen LogP contribution in [-0.2, 0) is 0 Å². The van der Waals surface area contributed by atoms with Crippen molar-refractivity contribution in [3.8, 4) is 0 Å². The number of nitrogens with zero attached hydrogens (tertiary/aromatic N) is 3. The minimum Gasteiger partial charge on any atom is -0.465 e. The maximum atomic E-state index is 12.7. The van der Waals surface area contributed by atoms with Crippen molar-refractivity contribution in [2.45, 2.75) is 0 Å². The van der Waals surface area contributed by atoms with Crippen LogP contribution in [0.1, 0.15) is 21.6 Å². The normalized spacial score (nSPS) is 14.7. The van der Waals surface area contributed by atoms with Crippen LogP contribution in [0.15, 0.2) is 42.5 Å². The molecule has 4 rings (SSSR count). The van der Waals surface area contributed by atoms with E-state index in [0.29, 0.717) is 36.8 Å². The number of hydrogen-bond acceptors (Lipinski definition) is 3. The van der Waals surface area contributed by atoms with Crippen molar-refractivity contribution < 1.29 is 14.7 Å². The second-order valence-electron chi connectivity index (χ2n) is 6.79. The summed E-state index contributed by atoms with van der Waals surface area (Å²) in [5, 5.41) is 17.7. The van der Waals surface area contributed by atoms with E-state index in [-0.39, 0.29) is 5.91 Å². The average Bonchev–Trinajstić information content (AvgIpc) is 3.15. The fraction of sp³-hybridized carbons (Fsp3) is 0.190. The molecule has 7 nitrogen and oxygen atoms in total. The lowest BCUT2D eigenvalue weighted by molar-refractivity contribution is 0.0625. The van der Waals surface area contributed by atoms with E-state index in [1.807, 2.05) is 42.5 Å². The van der Waals surface area contributed by atoms with Crippen LogP contribution in [0, 0.1) is 0 Å². The Morgan fingerprint density at radius 1 is 1.03 bits per heavy atom. The number of carboxylic acid groups (broad SMARTS) is 1. The highest BCUT2D eigenvalue weighted by atomic mass is 35.5. The molecule has 2 amide bonds. The maximum Gasteiger partial charge on any atom is 0.407 e. The summed E-state index contributed by atoms with van der Waals surface area (Å²) in [5.74, 6) is -0.186. The lowest BCUT2D eigenvalue weighted by Crippen LogP contribution is -2.50. The Morgan fingerprint density at radius 3 is 2.48 bits per heavy atom. The van der Waals surface area contributed by atoms with Crippen molar-refractivity contribution in [2.24, 2.45) is 0 Å². The highest BCUT2D eigenvalue weighted by molar-refractivity contribution is 6.34. The van der Waals surface area contributed by atoms with Crippen LogP contribution in [0.25, 0.3) is 23.1 Å². The molecule has 0 bridgehead atoms. The van der Waals surface area contributed by atoms with Gasteiger partial charge in [0.15, 0.2) is 0 Å². The van der Waals surface area contributed by atoms with E-state index in [9.17, 15) is 9.59 Å². The first kappa shape index (κ1) is 19.0. The zero-order valence-electron chi connectivity index (χ0n) is 15.5. The van der Waals surface area contributed by atoms with Gasteiger partial charge in [-0.1, -0.05) is 41.9 Å². The van der Waals surface area contributed by atoms with Crippen molar-refractivity contribution in [1.29, 1.82) is 0 Å². The molecular weight excluding hydrogens is 392 g/mol. The maximum absolute atomic E-state index is 12.7. The largest absolute Gasteiger partial charge is 0.465 e. The standard InChI is InChI=1S/C21H19ClN4O3/c22-17-13-14(6-8-19-16-3-1-2-4-18(16)23-24-19)5-7-15(17)20(27)25-9-11-26(12-10-25)21(28)29/h1-8,13H,9-12H2,(H,23,24)(H,28,29)/b8-6+. The van der Waals surface area contributed by atoms with Crippen LogP contribution in [0.4, 0.5) is 4.79 Å². The van der Waals surface area contributed by atoms with Gasteiger partial charge in [0.05, 0.1) is 21.8 Å². The number of carbonyl (C=O) groups is 2. The van der Waals surface area contributed by atoms with Gasteiger partial charge in [-0.15, -0.1) is 0 Å². The minimum atomic E-state index is -0.962. The number of piperazine rings is 1. The molecule has 3 aromatic rings. The van der Waals surface area contributed by atoms with Gasteiger partial charge in [0, 0.05) is 31.6 Å². The Morgan fingerprint density at radius 2 is 1.76 bits per heavy atom. The molecule has 29 heavy (non-hydrogen) atoms. The molecular formula is C21H19ClN4O3. The molecule has 0 atom stereocenters. The van der Waals surface area contributed by atoms with E-state index < -0.39 is 6.09 Å². The Hall–Kier alpha value is -3.32. The predicted molar refractivity (Wildman–Crippen MR) is 112 cm³/mol. The molecule has 1 aliphatic heterocycles. The van der Waals surface area contributed by atoms with Gasteiger partial charge in [-0.25, -0.2) is 4.79 Å². The first-order chi connectivity index (χ1) is 14.0. The summed E-state index contributed by atoms with van der Waals surface area (Å²) in [5.41, 5.74) is 3.06. The van der Waals surface area contributed by atoms with Crippen LogP contribution in [0.5, 0.6) is 0 Å². The van der Waals surface area contributed by atoms with Gasteiger partial charge in [-0.3, -0.25) is 9.89 Å². The highest BCUT2D eigenvalue weighted by Gasteiger charge is 2.25. The van der Waals surface area contributed by atoms with Crippen LogP contribution >= 0.6 is 11.6 Å². The second kappa shape index (κ2) is 7.97. The fourth-order valence-corrected chi connectivity index (χ4v) is 3.64. The topological polar surface area (TPSA) is 89.5 Å². The first-order valence-corrected chi connectivity index (χ1v) is 9.58. The van der Waals surface area contributed by atoms with Gasteiger partial charge in [-0.2, -0.15) is 5.10 Å². The monoisotopic (exact) mass is 410 g/mol. The van der Waals surface area contributed by atoms with Gasteiger partial charge in [0.2, 0.25) is 0 Å². The van der Waals surface area contributed by atoms with Crippen molar-refractivity contribution in [2.75, 3.05) is 26.2 Å². The zero-order chi connectivity index (χ0) is 20.4. The van der Waals surface area contributed by atoms with Crippen LogP contribution < -0.4 is 0 Å². The van der Waals surface area contributed by atoms with Crippen molar-refractivity contribution in [3.63, 3.8) is 0 Å². The molecule has 2 aromatic carbocycles. The Balaban J connectivity index is 1.48. The van der Waals surface area contributed by atoms with E-state index >= 15 is 0 Å². The van der Waals surface area contributed by atoms with Gasteiger partial charge in [-0.05, 0) is 29.8 Å². The summed E-state index contributed by atoms with van der Waals surface area (Å²) in [7, 11) is 0. The number of amides is 2. The summed E-state index contributed by atoms with van der Waals surface area (Å²) < 4.78 is 0. The quantitative estimate of drug-likeness (QED) is 0.686. The van der Waals surface area contributed by atoms with Gasteiger partial charge >= 0.3 is 6.09 Å². The molecule has 2 N–H and O–H groups in total. The molecule has 0 radical (unpaired) electrons. The fourth-order valence-electron chi connectivity index (χ4n) is 3.37. The first-order valence-electron chi connectivity index (χ1n) is 9.21. The van der Waals surface area contributed by atoms with Crippen molar-refractivity contribution in [3.05, 3.63) is 64.3 Å². The Bertz CT molecular complexity index is 1100. The van der Waals surface area contributed by atoms with E-state index in [1.165, 1.54) is 4.90 Å². The molecule has 0 aliphatic carbocycles. The average molecular weight is 411 g/mol. The summed E-state index contributed by atoms with van der Waals surface area (Å²) in [6, 6.07) is 13.2. The number of fused-ring (bicyclic) bond motifs is 1. The van der Waals surface area contributed by atoms with E-state index in [0.717, 1.165) is 22.2 Å². The summed E-state index contributed by atoms with van der Waals surface area (Å²) in [4.78, 5) is 26.7. The number of carbonyl (C=O) groups excluding carboxylic acids is 1. The molecule has 148 valence electrons. The SMILES string of the molecule is O=C(O)N1CCN(C(=O)c2ccc(/C=C/c3n[nH]c4ccccc34)cc2Cl)CC1. The summed E-state index contributed by atoms with van der Waals surface area (Å²) in [6.45, 7) is 1.32. The Kier molecular flexibility index (Phi) is 5.22. The second-order valence-corrected chi connectivity index (χ2v) is 7.20. The zero-order valence-corrected chi connectivity index (χ0v) is 16.3. The molecule has 0 spiro atoms. The number of benzene rings is 2. The minimum absolute atomic E-state index is 0.186. The third-order valence-electron chi connectivity index (χ3n) is 4.99. The number of halogens is 1. The van der Waals surface area contributed by atoms with Gasteiger partial charge in [0.25, 0.3) is 5.91 Å². The van der Waals surface area contributed by atoms with Crippen molar-refractivity contribution in [1.82, 2.24) is 20.0 Å². The molecule has 0 saturated carbocycles. The molecule has 1 fully saturated rings. The Labute approximate surface area is 172 Å². The number of aromatic amines is 1. The van der Waals surface area contributed by atoms with E-state index in [2.05, 4.69) is 10.2 Å². The van der Waals surface area contributed by atoms with Gasteiger partial charge < -0.3 is 14.9 Å². The van der Waals surface area contributed by atoms with E-state index in [4.69, 9.17) is 16.7 Å². The smallest absolute Gasteiger partial charge is 0.407 e. The third-order valence-corrected chi connectivity index (χ3v) is 5.31. The lowest BCUT2D eigenvalue weighted by Gasteiger charge is -2.33. The predicted octanol–water partition coefficient (Wildman–Crippen LogP) is 3.82. The summed E-state index contributed by atoms with van der Waals surface area (Å²) >= 11 is 6.37. The number of aromatic nitrogens is 2. The van der Waals surface area contributed by atoms with Crippen LogP contribution in [0.2, 0.25) is 5.02 Å². The number of hydrogen-bond donors (Lipinski definition) is 2. The number of nitrogens with one attached hydrogen (secondary N) is 1. The highest BCUT2D eigenvalue weighted by Crippen LogP contribution is 2.23. The molecule has 1 aromatic heterocycles. The third kappa shape index (κ3) is 3.95. The summed E-state index contributed by atoms with van der Waals surface area (Å²) in [6.07, 6.45) is 2.84. The number of rotatable bonds is 3. The molecule has 2 heterocycles. The van der Waals surface area contributed by atoms with Crippen LogP contribution in [-0.4, -0.2) is 63.3 Å². The van der Waals surface area contributed by atoms with E-state index in [1.54, 1.807) is 17.0 Å². The molecule has 1 aliphatic rings.